The fraction of sp³-hybridized carbons (Fsp3) is 1.00. The Morgan fingerprint density at radius 2 is 1.08 bits per heavy atom. The van der Waals surface area contributed by atoms with Gasteiger partial charge in [0.15, 0.2) is 8.32 Å². The van der Waals surface area contributed by atoms with Crippen molar-refractivity contribution in [3.63, 3.8) is 0 Å². The maximum Gasteiger partial charge on any atom is 0.500 e. The van der Waals surface area contributed by atoms with Gasteiger partial charge in [-0.3, -0.25) is 0 Å². The van der Waals surface area contributed by atoms with Gasteiger partial charge in [-0.1, -0.05) is 32.1 Å². The smallest absolute Gasteiger partial charge is 0.420 e. The Hall–Kier alpha value is 0.234. The van der Waals surface area contributed by atoms with Crippen LogP contribution in [-0.4, -0.2) is 58.7 Å². The van der Waals surface area contributed by atoms with Crippen molar-refractivity contribution in [2.75, 3.05) is 41.5 Å². The first-order chi connectivity index (χ1) is 11.4. The van der Waals surface area contributed by atoms with E-state index in [-0.39, 0.29) is 0 Å². The van der Waals surface area contributed by atoms with Gasteiger partial charge in [-0.2, -0.15) is 0 Å². The molecule has 0 rings (SSSR count). The molecule has 24 heavy (non-hydrogen) atoms. The molecule has 0 aromatic heterocycles. The maximum atomic E-state index is 5.58. The summed E-state index contributed by atoms with van der Waals surface area (Å²) in [4.78, 5) is 0. The van der Waals surface area contributed by atoms with Crippen LogP contribution in [0, 0.1) is 0 Å². The minimum atomic E-state index is -2.37. The van der Waals surface area contributed by atoms with Gasteiger partial charge >= 0.3 is 8.80 Å². The SMILES string of the molecule is CO[Si](C)(C)CCCCCCCCNCCC[Si](OC)(OC)OC. The van der Waals surface area contributed by atoms with Gasteiger partial charge in [-0.25, -0.2) is 0 Å². The molecule has 146 valence electrons. The van der Waals surface area contributed by atoms with E-state index in [1.807, 2.05) is 7.11 Å². The number of hydrogen-bond donors (Lipinski definition) is 1. The lowest BCUT2D eigenvalue weighted by atomic mass is 10.1. The number of nitrogens with one attached hydrogen (secondary N) is 1. The van der Waals surface area contributed by atoms with Gasteiger partial charge in [-0.05, 0) is 45.1 Å². The van der Waals surface area contributed by atoms with Gasteiger partial charge in [0.25, 0.3) is 0 Å². The Balaban J connectivity index is 3.37. The molecule has 0 aromatic rings. The second-order valence-corrected chi connectivity index (χ2v) is 14.5. The molecule has 0 saturated heterocycles. The molecule has 0 fully saturated rings. The molecule has 0 heterocycles. The monoisotopic (exact) mass is 379 g/mol. The van der Waals surface area contributed by atoms with Crippen LogP contribution in [0.4, 0.5) is 0 Å². The molecular weight excluding hydrogens is 338 g/mol. The second-order valence-electron chi connectivity index (χ2n) is 6.98. The summed E-state index contributed by atoms with van der Waals surface area (Å²) in [5, 5.41) is 3.50. The Kier molecular flexibility index (Phi) is 14.5. The van der Waals surface area contributed by atoms with Gasteiger partial charge in [0.05, 0.1) is 0 Å². The summed E-state index contributed by atoms with van der Waals surface area (Å²) in [6.07, 6.45) is 9.01. The van der Waals surface area contributed by atoms with Crippen LogP contribution in [0.1, 0.15) is 44.9 Å². The molecule has 0 bridgehead atoms. The van der Waals surface area contributed by atoms with E-state index in [4.69, 9.17) is 17.7 Å². The van der Waals surface area contributed by atoms with Gasteiger partial charge in [0.1, 0.15) is 0 Å². The highest BCUT2D eigenvalue weighted by molar-refractivity contribution is 6.71. The van der Waals surface area contributed by atoms with E-state index in [1.54, 1.807) is 21.3 Å². The first kappa shape index (κ1) is 24.2. The highest BCUT2D eigenvalue weighted by Gasteiger charge is 2.36. The van der Waals surface area contributed by atoms with Crippen LogP contribution in [0.25, 0.3) is 0 Å². The van der Waals surface area contributed by atoms with Crippen LogP contribution < -0.4 is 5.32 Å². The van der Waals surface area contributed by atoms with E-state index in [9.17, 15) is 0 Å². The van der Waals surface area contributed by atoms with Gasteiger partial charge in [0, 0.05) is 34.5 Å². The Bertz CT molecular complexity index is 281. The van der Waals surface area contributed by atoms with Gasteiger partial charge in [-0.15, -0.1) is 0 Å². The van der Waals surface area contributed by atoms with Crippen molar-refractivity contribution in [2.24, 2.45) is 0 Å². The normalized spacial score (nSPS) is 12.8. The molecule has 0 spiro atoms. The summed E-state index contributed by atoms with van der Waals surface area (Å²) < 4.78 is 21.8. The van der Waals surface area contributed by atoms with E-state index in [0.717, 1.165) is 25.6 Å². The Labute approximate surface area is 152 Å². The maximum absolute atomic E-state index is 5.58. The molecule has 0 amide bonds. The number of unbranched alkanes of at least 4 members (excludes halogenated alkanes) is 5. The summed E-state index contributed by atoms with van der Waals surface area (Å²) in [6, 6.07) is 2.16. The van der Waals surface area contributed by atoms with Gasteiger partial charge < -0.3 is 23.0 Å². The van der Waals surface area contributed by atoms with E-state index >= 15 is 0 Å². The number of rotatable bonds is 17. The molecule has 0 aliphatic rings. The fourth-order valence-corrected chi connectivity index (χ4v) is 5.75. The van der Waals surface area contributed by atoms with Crippen LogP contribution in [0.5, 0.6) is 0 Å². The molecule has 5 nitrogen and oxygen atoms in total. The standard InChI is InChI=1S/C17H41NO4Si2/c1-19-23(5,6)16-12-10-8-7-9-11-14-18-15-13-17-24(20-2,21-3)22-4/h18H,7-17H2,1-6H3. The second kappa shape index (κ2) is 14.4. The zero-order chi connectivity index (χ0) is 18.3. The van der Waals surface area contributed by atoms with Crippen molar-refractivity contribution in [2.45, 2.75) is 70.1 Å². The van der Waals surface area contributed by atoms with Crippen molar-refractivity contribution in [1.29, 1.82) is 0 Å². The van der Waals surface area contributed by atoms with Crippen LogP contribution in [0.15, 0.2) is 0 Å². The summed E-state index contributed by atoms with van der Waals surface area (Å²) in [5.41, 5.74) is 0. The molecule has 1 N–H and O–H groups in total. The molecule has 0 aliphatic carbocycles. The van der Waals surface area contributed by atoms with Crippen molar-refractivity contribution >= 4 is 17.1 Å². The lowest BCUT2D eigenvalue weighted by Gasteiger charge is -2.24. The largest absolute Gasteiger partial charge is 0.500 e. The molecule has 0 atom stereocenters. The van der Waals surface area contributed by atoms with Gasteiger partial charge in [0.2, 0.25) is 0 Å². The Morgan fingerprint density at radius 1 is 0.583 bits per heavy atom. The molecule has 0 aliphatic heterocycles. The topological polar surface area (TPSA) is 49.0 Å². The number of hydrogen-bond acceptors (Lipinski definition) is 5. The zero-order valence-corrected chi connectivity index (χ0v) is 18.9. The minimum Gasteiger partial charge on any atom is -0.420 e. The molecule has 7 heteroatoms. The summed E-state index contributed by atoms with van der Waals surface area (Å²) >= 11 is 0. The van der Waals surface area contributed by atoms with Crippen molar-refractivity contribution in [3.05, 3.63) is 0 Å². The average molecular weight is 380 g/mol. The van der Waals surface area contributed by atoms with Crippen LogP contribution in [0.2, 0.25) is 25.2 Å². The third kappa shape index (κ3) is 11.7. The third-order valence-electron chi connectivity index (χ3n) is 4.70. The molecule has 0 aromatic carbocycles. The van der Waals surface area contributed by atoms with E-state index < -0.39 is 17.1 Å². The predicted octanol–water partition coefficient (Wildman–Crippen LogP) is 4.04. The summed E-state index contributed by atoms with van der Waals surface area (Å²) in [5.74, 6) is 0. The average Bonchev–Trinajstić information content (AvgIpc) is 2.60. The summed E-state index contributed by atoms with van der Waals surface area (Å²) in [7, 11) is 3.18. The van der Waals surface area contributed by atoms with E-state index in [0.29, 0.717) is 0 Å². The zero-order valence-electron chi connectivity index (χ0n) is 16.9. The highest BCUT2D eigenvalue weighted by Crippen LogP contribution is 2.16. The van der Waals surface area contributed by atoms with Crippen LogP contribution >= 0.6 is 0 Å². The molecule has 0 saturated carbocycles. The van der Waals surface area contributed by atoms with Crippen molar-refractivity contribution in [1.82, 2.24) is 5.32 Å². The van der Waals surface area contributed by atoms with Crippen molar-refractivity contribution < 1.29 is 17.7 Å². The molecule has 0 radical (unpaired) electrons. The van der Waals surface area contributed by atoms with E-state index in [2.05, 4.69) is 18.4 Å². The first-order valence-corrected chi connectivity index (χ1v) is 14.4. The predicted molar refractivity (Wildman–Crippen MR) is 106 cm³/mol. The fourth-order valence-electron chi connectivity index (χ4n) is 2.72. The van der Waals surface area contributed by atoms with Crippen LogP contribution in [-0.2, 0) is 17.7 Å². The molecule has 0 unspecified atom stereocenters. The third-order valence-corrected chi connectivity index (χ3v) is 10.2. The lowest BCUT2D eigenvalue weighted by molar-refractivity contribution is 0.123. The van der Waals surface area contributed by atoms with E-state index in [1.165, 1.54) is 44.6 Å². The van der Waals surface area contributed by atoms with Crippen LogP contribution in [0.3, 0.4) is 0 Å². The lowest BCUT2D eigenvalue weighted by Crippen LogP contribution is -2.43. The van der Waals surface area contributed by atoms with Crippen molar-refractivity contribution in [3.8, 4) is 0 Å². The molecular formula is C17H41NO4Si2. The quantitative estimate of drug-likeness (QED) is 0.305. The highest BCUT2D eigenvalue weighted by atomic mass is 28.4. The first-order valence-electron chi connectivity index (χ1n) is 9.36. The minimum absolute atomic E-state index is 0.866. The summed E-state index contributed by atoms with van der Waals surface area (Å²) in [6.45, 7) is 6.71. The Morgan fingerprint density at radius 3 is 1.62 bits per heavy atom.